The Labute approximate surface area is 174 Å². The van der Waals surface area contributed by atoms with E-state index >= 15 is 0 Å². The van der Waals surface area contributed by atoms with Crippen LogP contribution in [0.4, 0.5) is 4.79 Å². The molecule has 1 N–H and O–H groups in total. The zero-order valence-corrected chi connectivity index (χ0v) is 17.3. The van der Waals surface area contributed by atoms with E-state index in [4.69, 9.17) is 13.9 Å². The zero-order chi connectivity index (χ0) is 21.6. The molecule has 2 aromatic heterocycles. The third-order valence-electron chi connectivity index (χ3n) is 4.00. The van der Waals surface area contributed by atoms with Crippen LogP contribution >= 0.6 is 0 Å². The summed E-state index contributed by atoms with van der Waals surface area (Å²) in [5, 5.41) is 2.70. The van der Waals surface area contributed by atoms with Crippen LogP contribution in [0.25, 0.3) is 11.6 Å². The van der Waals surface area contributed by atoms with Crippen molar-refractivity contribution in [3.63, 3.8) is 0 Å². The molecule has 8 heteroatoms. The average molecular weight is 411 g/mol. The van der Waals surface area contributed by atoms with E-state index in [1.54, 1.807) is 37.7 Å². The summed E-state index contributed by atoms with van der Waals surface area (Å²) in [4.78, 5) is 28.5. The average Bonchev–Trinajstić information content (AvgIpc) is 3.14. The standard InChI is InChI=1S/C22H25N3O5/c1-22(2,3)30-21(27)24-11-13-25-12-10-23-20(25)19-18(17(26)9-14-28-19)29-15-16-7-5-4-6-8-16/h4-10,12,14H,11,13,15H2,1-3H3,(H,24,27). The van der Waals surface area contributed by atoms with E-state index in [0.717, 1.165) is 5.56 Å². The molecule has 1 amide bonds. The number of hydrogen-bond acceptors (Lipinski definition) is 6. The largest absolute Gasteiger partial charge is 0.481 e. The van der Waals surface area contributed by atoms with Crippen molar-refractivity contribution in [2.45, 2.75) is 39.5 Å². The molecule has 0 spiro atoms. The Morgan fingerprint density at radius 3 is 2.70 bits per heavy atom. The minimum atomic E-state index is -0.567. The Kier molecular flexibility index (Phi) is 6.56. The summed E-state index contributed by atoms with van der Waals surface area (Å²) < 4.78 is 18.4. The second-order valence-electron chi connectivity index (χ2n) is 7.59. The van der Waals surface area contributed by atoms with Gasteiger partial charge in [0.1, 0.15) is 12.2 Å². The zero-order valence-electron chi connectivity index (χ0n) is 17.3. The molecule has 158 valence electrons. The first kappa shape index (κ1) is 21.2. The maximum Gasteiger partial charge on any atom is 0.407 e. The molecule has 0 unspecified atom stereocenters. The number of carbonyl (C=O) groups excluding carboxylic acids is 1. The van der Waals surface area contributed by atoms with Gasteiger partial charge in [-0.25, -0.2) is 9.78 Å². The lowest BCUT2D eigenvalue weighted by atomic mass is 10.2. The van der Waals surface area contributed by atoms with Gasteiger partial charge in [-0.2, -0.15) is 0 Å². The summed E-state index contributed by atoms with van der Waals surface area (Å²) in [5.74, 6) is 0.761. The maximum atomic E-state index is 12.4. The molecule has 2 heterocycles. The molecule has 0 saturated heterocycles. The lowest BCUT2D eigenvalue weighted by molar-refractivity contribution is 0.0526. The van der Waals surface area contributed by atoms with Crippen molar-refractivity contribution in [2.75, 3.05) is 6.54 Å². The Morgan fingerprint density at radius 2 is 1.97 bits per heavy atom. The maximum absolute atomic E-state index is 12.4. The second-order valence-corrected chi connectivity index (χ2v) is 7.59. The van der Waals surface area contributed by atoms with Crippen molar-refractivity contribution in [1.29, 1.82) is 0 Å². The van der Waals surface area contributed by atoms with E-state index in [-0.39, 0.29) is 23.5 Å². The molecule has 0 fully saturated rings. The van der Waals surface area contributed by atoms with Crippen LogP contribution in [0.1, 0.15) is 26.3 Å². The summed E-state index contributed by atoms with van der Waals surface area (Å²) in [6.07, 6.45) is 4.14. The van der Waals surface area contributed by atoms with Gasteiger partial charge >= 0.3 is 6.09 Å². The van der Waals surface area contributed by atoms with E-state index in [1.807, 2.05) is 30.3 Å². The van der Waals surface area contributed by atoms with Crippen molar-refractivity contribution < 1.29 is 18.7 Å². The molecule has 0 bridgehead atoms. The molecular formula is C22H25N3O5. The van der Waals surface area contributed by atoms with E-state index in [9.17, 15) is 9.59 Å². The Balaban J connectivity index is 1.72. The summed E-state index contributed by atoms with van der Waals surface area (Å²) in [6, 6.07) is 10.8. The van der Waals surface area contributed by atoms with E-state index in [0.29, 0.717) is 18.9 Å². The highest BCUT2D eigenvalue weighted by Gasteiger charge is 2.19. The van der Waals surface area contributed by atoms with Crippen LogP contribution in [-0.4, -0.2) is 27.8 Å². The van der Waals surface area contributed by atoms with Gasteiger partial charge in [-0.3, -0.25) is 4.79 Å². The lowest BCUT2D eigenvalue weighted by Crippen LogP contribution is -2.34. The number of ether oxygens (including phenoxy) is 2. The second kappa shape index (κ2) is 9.30. The highest BCUT2D eigenvalue weighted by Crippen LogP contribution is 2.26. The lowest BCUT2D eigenvalue weighted by Gasteiger charge is -2.19. The molecule has 3 rings (SSSR count). The highest BCUT2D eigenvalue weighted by molar-refractivity contribution is 5.67. The molecule has 0 radical (unpaired) electrons. The SMILES string of the molecule is CC(C)(C)OC(=O)NCCn1ccnc1-c1occc(=O)c1OCc1ccccc1. The number of nitrogens with zero attached hydrogens (tertiary/aromatic N) is 2. The minimum Gasteiger partial charge on any atom is -0.481 e. The van der Waals surface area contributed by atoms with Gasteiger partial charge in [0.15, 0.2) is 5.82 Å². The molecule has 0 aliphatic carbocycles. The molecule has 0 aliphatic heterocycles. The Bertz CT molecular complexity index is 1030. The van der Waals surface area contributed by atoms with Gasteiger partial charge in [-0.15, -0.1) is 0 Å². The summed E-state index contributed by atoms with van der Waals surface area (Å²) in [7, 11) is 0. The highest BCUT2D eigenvalue weighted by atomic mass is 16.6. The molecular weight excluding hydrogens is 386 g/mol. The van der Waals surface area contributed by atoms with Gasteiger partial charge in [0, 0.05) is 31.5 Å². The van der Waals surface area contributed by atoms with Gasteiger partial charge < -0.3 is 23.8 Å². The first-order valence-corrected chi connectivity index (χ1v) is 9.60. The number of nitrogens with one attached hydrogen (secondary N) is 1. The van der Waals surface area contributed by atoms with Crippen molar-refractivity contribution in [2.24, 2.45) is 0 Å². The van der Waals surface area contributed by atoms with Crippen molar-refractivity contribution in [3.8, 4) is 17.3 Å². The molecule has 30 heavy (non-hydrogen) atoms. The smallest absolute Gasteiger partial charge is 0.407 e. The fourth-order valence-corrected chi connectivity index (χ4v) is 2.72. The third kappa shape index (κ3) is 5.73. The van der Waals surface area contributed by atoms with Gasteiger partial charge in [0.2, 0.25) is 16.9 Å². The summed E-state index contributed by atoms with van der Waals surface area (Å²) in [6.45, 7) is 6.35. The Morgan fingerprint density at radius 1 is 1.20 bits per heavy atom. The van der Waals surface area contributed by atoms with Crippen molar-refractivity contribution in [3.05, 3.63) is 70.8 Å². The number of imidazole rings is 1. The fraction of sp³-hybridized carbons (Fsp3) is 0.318. The number of carbonyl (C=O) groups is 1. The quantitative estimate of drug-likeness (QED) is 0.638. The number of aromatic nitrogens is 2. The fourth-order valence-electron chi connectivity index (χ4n) is 2.72. The summed E-state index contributed by atoms with van der Waals surface area (Å²) >= 11 is 0. The predicted molar refractivity (Wildman–Crippen MR) is 111 cm³/mol. The molecule has 3 aromatic rings. The van der Waals surface area contributed by atoms with E-state index in [2.05, 4.69) is 10.3 Å². The molecule has 0 aliphatic rings. The van der Waals surface area contributed by atoms with Gasteiger partial charge in [-0.1, -0.05) is 30.3 Å². The molecule has 0 saturated carbocycles. The third-order valence-corrected chi connectivity index (χ3v) is 4.00. The first-order valence-electron chi connectivity index (χ1n) is 9.60. The van der Waals surface area contributed by atoms with Crippen molar-refractivity contribution in [1.82, 2.24) is 14.9 Å². The first-order chi connectivity index (χ1) is 14.3. The van der Waals surface area contributed by atoms with Crippen LogP contribution in [0.3, 0.4) is 0 Å². The number of benzene rings is 1. The summed E-state index contributed by atoms with van der Waals surface area (Å²) in [5.41, 5.74) is 0.0631. The van der Waals surface area contributed by atoms with Crippen LogP contribution in [0.5, 0.6) is 5.75 Å². The molecule has 1 aromatic carbocycles. The number of amides is 1. The predicted octanol–water partition coefficient (Wildman–Crippen LogP) is 3.61. The minimum absolute atomic E-state index is 0.0916. The molecule has 0 atom stereocenters. The monoisotopic (exact) mass is 411 g/mol. The number of alkyl carbamates (subject to hydrolysis) is 1. The van der Waals surface area contributed by atoms with Crippen LogP contribution in [0, 0.1) is 0 Å². The van der Waals surface area contributed by atoms with E-state index in [1.165, 1.54) is 12.3 Å². The normalized spacial score (nSPS) is 11.2. The van der Waals surface area contributed by atoms with Gasteiger partial charge in [-0.05, 0) is 26.3 Å². The van der Waals surface area contributed by atoms with Crippen LogP contribution < -0.4 is 15.5 Å². The Hall–Kier alpha value is -3.55. The van der Waals surface area contributed by atoms with E-state index < -0.39 is 11.7 Å². The van der Waals surface area contributed by atoms with Crippen LogP contribution in [0.15, 0.2) is 64.3 Å². The van der Waals surface area contributed by atoms with Gasteiger partial charge in [0.25, 0.3) is 0 Å². The van der Waals surface area contributed by atoms with Gasteiger partial charge in [0.05, 0.1) is 6.26 Å². The number of hydrogen-bond donors (Lipinski definition) is 1. The molecule has 8 nitrogen and oxygen atoms in total. The van der Waals surface area contributed by atoms with Crippen LogP contribution in [-0.2, 0) is 17.9 Å². The topological polar surface area (TPSA) is 95.6 Å². The van der Waals surface area contributed by atoms with Crippen molar-refractivity contribution >= 4 is 6.09 Å². The van der Waals surface area contributed by atoms with Crippen LogP contribution in [0.2, 0.25) is 0 Å². The number of rotatable bonds is 7.